The number of esters is 1. The van der Waals surface area contributed by atoms with Crippen LogP contribution in [0, 0.1) is 0 Å². The summed E-state index contributed by atoms with van der Waals surface area (Å²) in [6, 6.07) is 13.1. The van der Waals surface area contributed by atoms with E-state index in [-0.39, 0.29) is 11.3 Å². The first kappa shape index (κ1) is 24.5. The smallest absolute Gasteiger partial charge is 0.308 e. The summed E-state index contributed by atoms with van der Waals surface area (Å²) in [5.41, 5.74) is 1.15. The molecule has 0 atom stereocenters. The van der Waals surface area contributed by atoms with Gasteiger partial charge in [0, 0.05) is 25.3 Å². The lowest BCUT2D eigenvalue weighted by Gasteiger charge is -2.26. The molecule has 33 heavy (non-hydrogen) atoms. The average molecular weight is 478 g/mol. The van der Waals surface area contributed by atoms with Crippen LogP contribution in [-0.2, 0) is 29.1 Å². The van der Waals surface area contributed by atoms with Crippen molar-refractivity contribution in [3.63, 3.8) is 0 Å². The predicted molar refractivity (Wildman–Crippen MR) is 122 cm³/mol. The molecule has 0 aromatic heterocycles. The van der Waals surface area contributed by atoms with Crippen molar-refractivity contribution in [1.29, 1.82) is 0 Å². The molecule has 1 amide bonds. The van der Waals surface area contributed by atoms with E-state index in [0.717, 1.165) is 5.69 Å². The van der Waals surface area contributed by atoms with Gasteiger partial charge in [-0.1, -0.05) is 12.1 Å². The van der Waals surface area contributed by atoms with Gasteiger partial charge in [-0.3, -0.25) is 9.59 Å². The first-order valence-corrected chi connectivity index (χ1v) is 11.8. The Hall–Kier alpha value is -3.15. The van der Waals surface area contributed by atoms with Gasteiger partial charge in [0.05, 0.1) is 37.3 Å². The molecule has 0 aliphatic carbocycles. The first-order valence-electron chi connectivity index (χ1n) is 10.4. The Kier molecular flexibility index (Phi) is 8.64. The van der Waals surface area contributed by atoms with Crippen LogP contribution in [0.5, 0.6) is 5.75 Å². The number of rotatable bonds is 10. The van der Waals surface area contributed by atoms with Crippen molar-refractivity contribution in [3.8, 4) is 5.75 Å². The molecule has 1 saturated heterocycles. The standard InChI is InChI=1S/C22H27N3O7S/c1-30-20-5-3-2-4-19(20)23-11-10-22(27)32-16-21(26)24-17-6-8-18(9-7-17)33(28,29)25-12-14-31-15-13-25/h2-9,23H,10-16H2,1H3,(H,24,26). The first-order chi connectivity index (χ1) is 15.9. The summed E-state index contributed by atoms with van der Waals surface area (Å²) in [7, 11) is -2.05. The highest BCUT2D eigenvalue weighted by molar-refractivity contribution is 7.89. The van der Waals surface area contributed by atoms with E-state index in [4.69, 9.17) is 14.2 Å². The summed E-state index contributed by atoms with van der Waals surface area (Å²) in [6.07, 6.45) is 0.0689. The van der Waals surface area contributed by atoms with Crippen LogP contribution in [0.15, 0.2) is 53.4 Å². The molecule has 0 unspecified atom stereocenters. The highest BCUT2D eigenvalue weighted by Gasteiger charge is 2.26. The van der Waals surface area contributed by atoms with E-state index >= 15 is 0 Å². The van der Waals surface area contributed by atoms with Crippen LogP contribution >= 0.6 is 0 Å². The molecule has 0 saturated carbocycles. The van der Waals surface area contributed by atoms with Gasteiger partial charge in [0.2, 0.25) is 10.0 Å². The molecule has 0 radical (unpaired) electrons. The number of methoxy groups -OCH3 is 1. The van der Waals surface area contributed by atoms with E-state index in [9.17, 15) is 18.0 Å². The molecule has 3 rings (SSSR count). The van der Waals surface area contributed by atoms with E-state index in [1.807, 2.05) is 18.2 Å². The monoisotopic (exact) mass is 477 g/mol. The van der Waals surface area contributed by atoms with Gasteiger partial charge in [0.15, 0.2) is 6.61 Å². The Morgan fingerprint density at radius 3 is 2.45 bits per heavy atom. The number of hydrogen-bond donors (Lipinski definition) is 2. The van der Waals surface area contributed by atoms with Crippen molar-refractivity contribution >= 4 is 33.3 Å². The van der Waals surface area contributed by atoms with E-state index in [2.05, 4.69) is 10.6 Å². The summed E-state index contributed by atoms with van der Waals surface area (Å²) in [4.78, 5) is 24.1. The zero-order valence-corrected chi connectivity index (χ0v) is 19.1. The minimum Gasteiger partial charge on any atom is -0.495 e. The third kappa shape index (κ3) is 6.91. The van der Waals surface area contributed by atoms with Crippen LogP contribution in [0.3, 0.4) is 0 Å². The van der Waals surface area contributed by atoms with Crippen molar-refractivity contribution < 1.29 is 32.2 Å². The minimum atomic E-state index is -3.60. The van der Waals surface area contributed by atoms with Gasteiger partial charge in [0.25, 0.3) is 5.91 Å². The van der Waals surface area contributed by atoms with E-state index in [1.165, 1.54) is 28.6 Å². The Labute approximate surface area is 192 Å². The van der Waals surface area contributed by atoms with Crippen molar-refractivity contribution in [3.05, 3.63) is 48.5 Å². The number of nitrogens with zero attached hydrogens (tertiary/aromatic N) is 1. The second-order valence-corrected chi connectivity index (χ2v) is 9.06. The van der Waals surface area contributed by atoms with Gasteiger partial charge >= 0.3 is 5.97 Å². The fraction of sp³-hybridized carbons (Fsp3) is 0.364. The Morgan fingerprint density at radius 2 is 1.76 bits per heavy atom. The van der Waals surface area contributed by atoms with Gasteiger partial charge in [-0.15, -0.1) is 0 Å². The number of carbonyl (C=O) groups is 2. The summed E-state index contributed by atoms with van der Waals surface area (Å²) in [6.45, 7) is 1.22. The molecule has 2 N–H and O–H groups in total. The van der Waals surface area contributed by atoms with E-state index < -0.39 is 28.5 Å². The van der Waals surface area contributed by atoms with Gasteiger partial charge in [-0.25, -0.2) is 8.42 Å². The normalized spacial score (nSPS) is 14.3. The zero-order chi connectivity index (χ0) is 23.7. The van der Waals surface area contributed by atoms with Gasteiger partial charge in [0.1, 0.15) is 5.75 Å². The number of hydrogen-bond acceptors (Lipinski definition) is 8. The number of anilines is 2. The number of amides is 1. The summed E-state index contributed by atoms with van der Waals surface area (Å²) < 4.78 is 42.0. The highest BCUT2D eigenvalue weighted by atomic mass is 32.2. The highest BCUT2D eigenvalue weighted by Crippen LogP contribution is 2.23. The SMILES string of the molecule is COc1ccccc1NCCC(=O)OCC(=O)Nc1ccc(S(=O)(=O)N2CCOCC2)cc1. The maximum absolute atomic E-state index is 12.6. The number of nitrogens with one attached hydrogen (secondary N) is 2. The zero-order valence-electron chi connectivity index (χ0n) is 18.3. The van der Waals surface area contributed by atoms with Crippen LogP contribution in [-0.4, -0.2) is 71.2 Å². The average Bonchev–Trinajstić information content (AvgIpc) is 2.84. The fourth-order valence-electron chi connectivity index (χ4n) is 3.15. The van der Waals surface area contributed by atoms with Crippen molar-refractivity contribution in [2.75, 3.05) is 57.2 Å². The Balaban J connectivity index is 1.41. The lowest BCUT2D eigenvalue weighted by atomic mass is 10.3. The molecule has 178 valence electrons. The fourth-order valence-corrected chi connectivity index (χ4v) is 4.56. The molecule has 0 bridgehead atoms. The Bertz CT molecular complexity index is 1050. The molecule has 1 fully saturated rings. The molecule has 2 aromatic carbocycles. The van der Waals surface area contributed by atoms with Gasteiger partial charge in [-0.05, 0) is 36.4 Å². The maximum atomic E-state index is 12.6. The van der Waals surface area contributed by atoms with Crippen LogP contribution in [0.1, 0.15) is 6.42 Å². The minimum absolute atomic E-state index is 0.0689. The second kappa shape index (κ2) is 11.6. The van der Waals surface area contributed by atoms with Crippen LogP contribution in [0.25, 0.3) is 0 Å². The molecule has 2 aromatic rings. The molecule has 10 nitrogen and oxygen atoms in total. The molecule has 11 heteroatoms. The predicted octanol–water partition coefficient (Wildman–Crippen LogP) is 1.70. The Morgan fingerprint density at radius 1 is 1.06 bits per heavy atom. The number of morpholine rings is 1. The van der Waals surface area contributed by atoms with Gasteiger partial charge < -0.3 is 24.8 Å². The maximum Gasteiger partial charge on any atom is 0.308 e. The van der Waals surface area contributed by atoms with Crippen molar-refractivity contribution in [1.82, 2.24) is 4.31 Å². The molecular formula is C22H27N3O7S. The quantitative estimate of drug-likeness (QED) is 0.496. The molecule has 1 aliphatic heterocycles. The van der Waals surface area contributed by atoms with Crippen LogP contribution in [0.4, 0.5) is 11.4 Å². The summed E-state index contributed by atoms with van der Waals surface area (Å²) in [5.74, 6) is -0.390. The summed E-state index contributed by atoms with van der Waals surface area (Å²) >= 11 is 0. The van der Waals surface area contributed by atoms with Crippen LogP contribution < -0.4 is 15.4 Å². The lowest BCUT2D eigenvalue weighted by molar-refractivity contribution is -0.147. The van der Waals surface area contributed by atoms with Crippen molar-refractivity contribution in [2.24, 2.45) is 0 Å². The number of sulfonamides is 1. The number of benzene rings is 2. The van der Waals surface area contributed by atoms with Crippen molar-refractivity contribution in [2.45, 2.75) is 11.3 Å². The second-order valence-electron chi connectivity index (χ2n) is 7.13. The van der Waals surface area contributed by atoms with Gasteiger partial charge in [-0.2, -0.15) is 4.31 Å². The lowest BCUT2D eigenvalue weighted by Crippen LogP contribution is -2.40. The topological polar surface area (TPSA) is 123 Å². The molecular weight excluding hydrogens is 450 g/mol. The largest absolute Gasteiger partial charge is 0.495 e. The molecule has 1 heterocycles. The third-order valence-electron chi connectivity index (χ3n) is 4.86. The number of para-hydroxylation sites is 2. The molecule has 0 spiro atoms. The third-order valence-corrected chi connectivity index (χ3v) is 6.77. The molecule has 1 aliphatic rings. The van der Waals surface area contributed by atoms with Crippen LogP contribution in [0.2, 0.25) is 0 Å². The number of ether oxygens (including phenoxy) is 3. The van der Waals surface area contributed by atoms with E-state index in [0.29, 0.717) is 44.3 Å². The van der Waals surface area contributed by atoms with E-state index in [1.54, 1.807) is 13.2 Å². The number of carbonyl (C=O) groups excluding carboxylic acids is 2. The summed E-state index contributed by atoms with van der Waals surface area (Å²) in [5, 5.41) is 5.65.